The molecule has 0 aliphatic rings. The molecule has 0 aromatic carbocycles. The van der Waals surface area contributed by atoms with Gasteiger partial charge in [-0.2, -0.15) is 0 Å². The van der Waals surface area contributed by atoms with Gasteiger partial charge in [0, 0.05) is 9.81 Å². The van der Waals surface area contributed by atoms with Crippen LogP contribution in [0.15, 0.2) is 23.0 Å². The number of rotatable bonds is 6. The quantitative estimate of drug-likeness (QED) is 0.663. The van der Waals surface area contributed by atoms with Crippen LogP contribution in [0.1, 0.15) is 39.5 Å². The first kappa shape index (κ1) is 12.4. The van der Waals surface area contributed by atoms with E-state index in [-0.39, 0.29) is 0 Å². The maximum atomic E-state index is 11.6. The average Bonchev–Trinajstić information content (AvgIpc) is 2.05. The summed E-state index contributed by atoms with van der Waals surface area (Å²) in [6, 6.07) is 0. The SMILES string of the molecule is C=C(CCC)S(=O)(=O)C(=C)CCC. The van der Waals surface area contributed by atoms with Crippen LogP contribution in [-0.2, 0) is 9.84 Å². The molecule has 0 aliphatic heterocycles. The molecule has 0 aromatic rings. The van der Waals surface area contributed by atoms with Crippen molar-refractivity contribution in [1.29, 1.82) is 0 Å². The molecule has 0 atom stereocenters. The molecule has 0 bridgehead atoms. The molecule has 0 amide bonds. The fraction of sp³-hybridized carbons (Fsp3) is 0.600. The first-order valence-electron chi connectivity index (χ1n) is 4.57. The fourth-order valence-corrected chi connectivity index (χ4v) is 2.38. The van der Waals surface area contributed by atoms with Crippen molar-refractivity contribution in [3.05, 3.63) is 23.0 Å². The van der Waals surface area contributed by atoms with E-state index in [0.717, 1.165) is 12.8 Å². The average molecular weight is 202 g/mol. The van der Waals surface area contributed by atoms with E-state index in [0.29, 0.717) is 22.7 Å². The Labute approximate surface area is 81.3 Å². The van der Waals surface area contributed by atoms with Crippen LogP contribution < -0.4 is 0 Å². The van der Waals surface area contributed by atoms with Crippen LogP contribution in [0.3, 0.4) is 0 Å². The third-order valence-corrected chi connectivity index (χ3v) is 3.75. The molecular formula is C10H18O2S. The predicted molar refractivity (Wildman–Crippen MR) is 57.0 cm³/mol. The van der Waals surface area contributed by atoms with Crippen LogP contribution in [0.5, 0.6) is 0 Å². The van der Waals surface area contributed by atoms with Crippen molar-refractivity contribution in [2.24, 2.45) is 0 Å². The van der Waals surface area contributed by atoms with Gasteiger partial charge in [0.25, 0.3) is 0 Å². The topological polar surface area (TPSA) is 34.1 Å². The third-order valence-electron chi connectivity index (χ3n) is 1.82. The zero-order valence-electron chi connectivity index (χ0n) is 8.47. The molecule has 0 aromatic heterocycles. The second-order valence-electron chi connectivity index (χ2n) is 3.08. The minimum absolute atomic E-state index is 0.299. The Morgan fingerprint density at radius 2 is 1.31 bits per heavy atom. The van der Waals surface area contributed by atoms with Crippen LogP contribution in [0.25, 0.3) is 0 Å². The Hall–Kier alpha value is -0.570. The highest BCUT2D eigenvalue weighted by Gasteiger charge is 2.17. The van der Waals surface area contributed by atoms with E-state index in [4.69, 9.17) is 0 Å². The molecule has 0 saturated carbocycles. The summed E-state index contributed by atoms with van der Waals surface area (Å²) in [5.74, 6) is 0. The lowest BCUT2D eigenvalue weighted by atomic mass is 10.3. The van der Waals surface area contributed by atoms with Crippen LogP contribution >= 0.6 is 0 Å². The van der Waals surface area contributed by atoms with E-state index in [1.54, 1.807) is 0 Å². The van der Waals surface area contributed by atoms with Crippen molar-refractivity contribution in [3.8, 4) is 0 Å². The van der Waals surface area contributed by atoms with E-state index < -0.39 is 9.84 Å². The van der Waals surface area contributed by atoms with Gasteiger partial charge in [-0.1, -0.05) is 39.8 Å². The summed E-state index contributed by atoms with van der Waals surface area (Å²) in [6.45, 7) is 11.0. The lowest BCUT2D eigenvalue weighted by Gasteiger charge is -2.07. The Morgan fingerprint density at radius 1 is 1.00 bits per heavy atom. The van der Waals surface area contributed by atoms with Gasteiger partial charge < -0.3 is 0 Å². The van der Waals surface area contributed by atoms with Gasteiger partial charge in [-0.3, -0.25) is 0 Å². The smallest absolute Gasteiger partial charge is 0.197 e. The van der Waals surface area contributed by atoms with Gasteiger partial charge in [0.2, 0.25) is 0 Å². The molecule has 0 spiro atoms. The number of hydrogen-bond donors (Lipinski definition) is 0. The van der Waals surface area contributed by atoms with Gasteiger partial charge in [0.05, 0.1) is 0 Å². The minimum Gasteiger partial charge on any atom is -0.219 e. The summed E-state index contributed by atoms with van der Waals surface area (Å²) < 4.78 is 23.2. The zero-order chi connectivity index (χ0) is 10.5. The zero-order valence-corrected chi connectivity index (χ0v) is 9.28. The summed E-state index contributed by atoms with van der Waals surface area (Å²) in [6.07, 6.45) is 2.67. The molecular weight excluding hydrogens is 184 g/mol. The van der Waals surface area contributed by atoms with Gasteiger partial charge >= 0.3 is 0 Å². The summed E-state index contributed by atoms with van der Waals surface area (Å²) in [4.78, 5) is 0.599. The fourth-order valence-electron chi connectivity index (χ4n) is 1.03. The first-order chi connectivity index (χ1) is 5.96. The van der Waals surface area contributed by atoms with E-state index in [9.17, 15) is 8.42 Å². The molecule has 0 saturated heterocycles. The van der Waals surface area contributed by atoms with E-state index in [2.05, 4.69) is 13.2 Å². The summed E-state index contributed by atoms with van der Waals surface area (Å²) in [5.41, 5.74) is 0. The van der Waals surface area contributed by atoms with Crippen LogP contribution in [0, 0.1) is 0 Å². The first-order valence-corrected chi connectivity index (χ1v) is 6.05. The number of sulfone groups is 1. The molecule has 0 radical (unpaired) electrons. The molecule has 13 heavy (non-hydrogen) atoms. The van der Waals surface area contributed by atoms with Crippen molar-refractivity contribution >= 4 is 9.84 Å². The molecule has 76 valence electrons. The Morgan fingerprint density at radius 3 is 1.54 bits per heavy atom. The molecule has 0 rings (SSSR count). The van der Waals surface area contributed by atoms with Gasteiger partial charge in [-0.15, -0.1) is 0 Å². The molecule has 2 nitrogen and oxygen atoms in total. The van der Waals surface area contributed by atoms with Crippen LogP contribution in [0.4, 0.5) is 0 Å². The molecule has 0 heterocycles. The van der Waals surface area contributed by atoms with Crippen molar-refractivity contribution in [1.82, 2.24) is 0 Å². The monoisotopic (exact) mass is 202 g/mol. The largest absolute Gasteiger partial charge is 0.219 e. The van der Waals surface area contributed by atoms with Crippen molar-refractivity contribution < 1.29 is 8.42 Å². The van der Waals surface area contributed by atoms with Gasteiger partial charge in [0.1, 0.15) is 0 Å². The predicted octanol–water partition coefficient (Wildman–Crippen LogP) is 3.03. The molecule has 0 fully saturated rings. The van der Waals surface area contributed by atoms with Crippen LogP contribution in [0.2, 0.25) is 0 Å². The van der Waals surface area contributed by atoms with E-state index in [1.807, 2.05) is 13.8 Å². The second-order valence-corrected chi connectivity index (χ2v) is 5.24. The van der Waals surface area contributed by atoms with Gasteiger partial charge in [0.15, 0.2) is 9.84 Å². The maximum absolute atomic E-state index is 11.6. The molecule has 0 aliphatic carbocycles. The summed E-state index contributed by atoms with van der Waals surface area (Å²) in [5, 5.41) is 0. The van der Waals surface area contributed by atoms with Crippen molar-refractivity contribution in [3.63, 3.8) is 0 Å². The highest BCUT2D eigenvalue weighted by atomic mass is 32.2. The van der Waals surface area contributed by atoms with Crippen LogP contribution in [-0.4, -0.2) is 8.42 Å². The Kier molecular flexibility index (Phi) is 4.99. The standard InChI is InChI=1S/C10H18O2S/c1-5-7-9(3)13(11,12)10(4)8-6-2/h3-8H2,1-2H3. The lowest BCUT2D eigenvalue weighted by Crippen LogP contribution is -2.05. The minimum atomic E-state index is -3.25. The highest BCUT2D eigenvalue weighted by molar-refractivity contribution is 7.98. The second kappa shape index (κ2) is 5.22. The number of hydrogen-bond acceptors (Lipinski definition) is 2. The normalized spacial score (nSPS) is 11.2. The third kappa shape index (κ3) is 3.35. The van der Waals surface area contributed by atoms with Crippen molar-refractivity contribution in [2.75, 3.05) is 0 Å². The lowest BCUT2D eigenvalue weighted by molar-refractivity contribution is 0.603. The highest BCUT2D eigenvalue weighted by Crippen LogP contribution is 2.21. The molecule has 3 heteroatoms. The molecule has 0 unspecified atom stereocenters. The Balaban J connectivity index is 4.57. The number of allylic oxidation sites excluding steroid dienone is 2. The maximum Gasteiger partial charge on any atom is 0.197 e. The Bertz CT molecular complexity index is 262. The van der Waals surface area contributed by atoms with Crippen molar-refractivity contribution in [2.45, 2.75) is 39.5 Å². The van der Waals surface area contributed by atoms with Gasteiger partial charge in [-0.05, 0) is 12.8 Å². The van der Waals surface area contributed by atoms with E-state index >= 15 is 0 Å². The molecule has 0 N–H and O–H groups in total. The summed E-state index contributed by atoms with van der Waals surface area (Å²) >= 11 is 0. The van der Waals surface area contributed by atoms with E-state index in [1.165, 1.54) is 0 Å². The van der Waals surface area contributed by atoms with Gasteiger partial charge in [-0.25, -0.2) is 8.42 Å². The summed E-state index contributed by atoms with van der Waals surface area (Å²) in [7, 11) is -3.25.